The summed E-state index contributed by atoms with van der Waals surface area (Å²) in [6.07, 6.45) is 4.68. The molecule has 8 heteroatoms. The van der Waals surface area contributed by atoms with Crippen molar-refractivity contribution in [1.29, 1.82) is 0 Å². The van der Waals surface area contributed by atoms with E-state index in [1.165, 1.54) is 34.8 Å². The third-order valence-corrected chi connectivity index (χ3v) is 5.48. The lowest BCUT2D eigenvalue weighted by Gasteiger charge is -2.20. The zero-order chi connectivity index (χ0) is 21.8. The van der Waals surface area contributed by atoms with Gasteiger partial charge < -0.3 is 5.11 Å². The van der Waals surface area contributed by atoms with Crippen LogP contribution in [0.3, 0.4) is 0 Å². The number of amides is 1. The molecule has 5 rings (SSSR count). The van der Waals surface area contributed by atoms with Crippen LogP contribution in [0, 0.1) is 5.82 Å². The highest BCUT2D eigenvalue weighted by Crippen LogP contribution is 2.44. The molecule has 1 N–H and O–H groups in total. The molecule has 0 spiro atoms. The van der Waals surface area contributed by atoms with E-state index < -0.39 is 17.3 Å². The minimum atomic E-state index is -1.86. The molecular formula is C23H17FN4O3. The van der Waals surface area contributed by atoms with Crippen LogP contribution in [0.2, 0.25) is 0 Å². The number of pyridine rings is 1. The van der Waals surface area contributed by atoms with Crippen LogP contribution in [-0.4, -0.2) is 25.8 Å². The lowest BCUT2D eigenvalue weighted by Crippen LogP contribution is -2.35. The maximum Gasteiger partial charge on any atom is 0.274 e. The molecule has 2 aromatic carbocycles. The Hall–Kier alpha value is -3.91. The van der Waals surface area contributed by atoms with Gasteiger partial charge in [-0.05, 0) is 42.8 Å². The van der Waals surface area contributed by atoms with Crippen molar-refractivity contribution in [2.75, 3.05) is 4.90 Å². The molecule has 1 amide bonds. The van der Waals surface area contributed by atoms with Gasteiger partial charge in [-0.15, -0.1) is 0 Å². The lowest BCUT2D eigenvalue weighted by molar-refractivity contribution is -0.133. The Morgan fingerprint density at radius 3 is 2.71 bits per heavy atom. The average molecular weight is 416 g/mol. The quantitative estimate of drug-likeness (QED) is 0.555. The molecule has 1 aliphatic heterocycles. The number of fused-ring (bicyclic) bond motifs is 2. The van der Waals surface area contributed by atoms with Gasteiger partial charge in [0.05, 0.1) is 35.7 Å². The van der Waals surface area contributed by atoms with E-state index in [1.54, 1.807) is 30.6 Å². The Morgan fingerprint density at radius 1 is 1.06 bits per heavy atom. The number of halogens is 1. The molecule has 0 radical (unpaired) electrons. The minimum Gasteiger partial charge on any atom is -0.375 e. The Balaban J connectivity index is 1.54. The number of benzene rings is 2. The molecular weight excluding hydrogens is 399 g/mol. The standard InChI is InChI=1S/C23H17FN4O3/c1-23(31)19-9-16(24)6-7-20(19)28(22(23)30)17-8-14(10-25-12-17)13-27-21(29)18-5-3-2-4-15(18)11-26-27/h2-12,31H,13H2,1H3. The Morgan fingerprint density at radius 2 is 1.87 bits per heavy atom. The number of aliphatic hydroxyl groups is 1. The third-order valence-electron chi connectivity index (χ3n) is 5.48. The molecule has 4 aromatic rings. The first-order valence-electron chi connectivity index (χ1n) is 9.62. The molecule has 0 saturated carbocycles. The van der Waals surface area contributed by atoms with E-state index in [2.05, 4.69) is 10.1 Å². The van der Waals surface area contributed by atoms with Crippen LogP contribution in [-0.2, 0) is 16.9 Å². The summed E-state index contributed by atoms with van der Waals surface area (Å²) in [6, 6.07) is 12.7. The molecule has 2 aromatic heterocycles. The molecule has 154 valence electrons. The van der Waals surface area contributed by atoms with E-state index in [-0.39, 0.29) is 17.7 Å². The SMILES string of the molecule is CC1(O)C(=O)N(c2cncc(Cn3ncc4ccccc4c3=O)c2)c2ccc(F)cc21. The Kier molecular flexibility index (Phi) is 4.19. The Labute approximate surface area is 176 Å². The number of carbonyl (C=O) groups is 1. The minimum absolute atomic E-state index is 0.152. The summed E-state index contributed by atoms with van der Waals surface area (Å²) in [5.74, 6) is -1.14. The molecule has 31 heavy (non-hydrogen) atoms. The maximum absolute atomic E-state index is 13.7. The van der Waals surface area contributed by atoms with Gasteiger partial charge in [-0.25, -0.2) is 9.07 Å². The maximum atomic E-state index is 13.7. The van der Waals surface area contributed by atoms with Crippen molar-refractivity contribution in [3.8, 4) is 0 Å². The largest absolute Gasteiger partial charge is 0.375 e. The Bertz CT molecular complexity index is 1410. The summed E-state index contributed by atoms with van der Waals surface area (Å²) in [5.41, 5.74) is -0.465. The van der Waals surface area contributed by atoms with E-state index in [4.69, 9.17) is 0 Å². The number of aromatic nitrogens is 3. The first kappa shape index (κ1) is 19.1. The second-order valence-electron chi connectivity index (χ2n) is 7.62. The van der Waals surface area contributed by atoms with E-state index in [1.807, 2.05) is 12.1 Å². The first-order chi connectivity index (χ1) is 14.9. The zero-order valence-electron chi connectivity index (χ0n) is 16.5. The van der Waals surface area contributed by atoms with Crippen molar-refractivity contribution in [1.82, 2.24) is 14.8 Å². The van der Waals surface area contributed by atoms with Crippen molar-refractivity contribution in [3.05, 3.63) is 94.4 Å². The van der Waals surface area contributed by atoms with Gasteiger partial charge in [0.2, 0.25) is 0 Å². The van der Waals surface area contributed by atoms with Gasteiger partial charge in [0, 0.05) is 17.1 Å². The van der Waals surface area contributed by atoms with E-state index in [9.17, 15) is 19.1 Å². The first-order valence-corrected chi connectivity index (χ1v) is 9.62. The molecule has 0 aliphatic carbocycles. The van der Waals surface area contributed by atoms with Crippen LogP contribution >= 0.6 is 0 Å². The second-order valence-corrected chi connectivity index (χ2v) is 7.62. The van der Waals surface area contributed by atoms with Gasteiger partial charge in [-0.2, -0.15) is 5.10 Å². The number of nitrogens with zero attached hydrogens (tertiary/aromatic N) is 4. The number of carbonyl (C=O) groups excluding carboxylic acids is 1. The number of hydrogen-bond donors (Lipinski definition) is 1. The monoisotopic (exact) mass is 416 g/mol. The lowest BCUT2D eigenvalue weighted by atomic mass is 9.98. The number of hydrogen-bond acceptors (Lipinski definition) is 5. The fraction of sp³-hybridized carbons (Fsp3) is 0.130. The van der Waals surface area contributed by atoms with Gasteiger partial charge in [-0.1, -0.05) is 18.2 Å². The van der Waals surface area contributed by atoms with Gasteiger partial charge in [-0.3, -0.25) is 19.5 Å². The summed E-state index contributed by atoms with van der Waals surface area (Å²) >= 11 is 0. The fourth-order valence-electron chi connectivity index (χ4n) is 3.89. The second kappa shape index (κ2) is 6.82. The number of anilines is 2. The summed E-state index contributed by atoms with van der Waals surface area (Å²) in [6.45, 7) is 1.49. The highest BCUT2D eigenvalue weighted by atomic mass is 19.1. The van der Waals surface area contributed by atoms with Crippen LogP contribution in [0.5, 0.6) is 0 Å². The summed E-state index contributed by atoms with van der Waals surface area (Å²) in [7, 11) is 0. The van der Waals surface area contributed by atoms with Gasteiger partial charge in [0.15, 0.2) is 5.60 Å². The van der Waals surface area contributed by atoms with Crippen molar-refractivity contribution in [2.45, 2.75) is 19.1 Å². The van der Waals surface area contributed by atoms with E-state index >= 15 is 0 Å². The summed E-state index contributed by atoms with van der Waals surface area (Å²) in [5, 5.41) is 16.2. The van der Waals surface area contributed by atoms with Crippen molar-refractivity contribution in [2.24, 2.45) is 0 Å². The van der Waals surface area contributed by atoms with Crippen molar-refractivity contribution < 1.29 is 14.3 Å². The smallest absolute Gasteiger partial charge is 0.274 e. The molecule has 0 saturated heterocycles. The highest BCUT2D eigenvalue weighted by molar-refractivity contribution is 6.11. The highest BCUT2D eigenvalue weighted by Gasteiger charge is 2.47. The van der Waals surface area contributed by atoms with Crippen LogP contribution in [0.15, 0.2) is 71.9 Å². The summed E-state index contributed by atoms with van der Waals surface area (Å²) < 4.78 is 15.1. The topological polar surface area (TPSA) is 88.3 Å². The van der Waals surface area contributed by atoms with E-state index in [0.717, 1.165) is 11.5 Å². The van der Waals surface area contributed by atoms with Crippen LogP contribution in [0.25, 0.3) is 10.8 Å². The van der Waals surface area contributed by atoms with E-state index in [0.29, 0.717) is 22.3 Å². The molecule has 1 aliphatic rings. The average Bonchev–Trinajstić information content (AvgIpc) is 2.96. The van der Waals surface area contributed by atoms with Gasteiger partial charge >= 0.3 is 0 Å². The normalized spacial score (nSPS) is 17.9. The predicted octanol–water partition coefficient (Wildman–Crippen LogP) is 2.86. The van der Waals surface area contributed by atoms with Crippen LogP contribution < -0.4 is 10.5 Å². The van der Waals surface area contributed by atoms with Crippen LogP contribution in [0.1, 0.15) is 18.1 Å². The molecule has 1 unspecified atom stereocenters. The molecule has 1 atom stereocenters. The molecule has 0 bridgehead atoms. The van der Waals surface area contributed by atoms with Gasteiger partial charge in [0.25, 0.3) is 11.5 Å². The third kappa shape index (κ3) is 3.00. The van der Waals surface area contributed by atoms with Crippen LogP contribution in [0.4, 0.5) is 15.8 Å². The number of rotatable bonds is 3. The molecule has 0 fully saturated rings. The zero-order valence-corrected chi connectivity index (χ0v) is 16.5. The molecule has 3 heterocycles. The van der Waals surface area contributed by atoms with Crippen molar-refractivity contribution >= 4 is 28.1 Å². The fourth-order valence-corrected chi connectivity index (χ4v) is 3.89. The molecule has 7 nitrogen and oxygen atoms in total. The van der Waals surface area contributed by atoms with Crippen molar-refractivity contribution in [3.63, 3.8) is 0 Å². The van der Waals surface area contributed by atoms with Gasteiger partial charge in [0.1, 0.15) is 5.82 Å². The predicted molar refractivity (Wildman–Crippen MR) is 112 cm³/mol. The summed E-state index contributed by atoms with van der Waals surface area (Å²) in [4.78, 5) is 31.2.